The lowest BCUT2D eigenvalue weighted by atomic mass is 10.1. The molecule has 13 heavy (non-hydrogen) atoms. The van der Waals surface area contributed by atoms with Crippen molar-refractivity contribution in [3.63, 3.8) is 0 Å². The van der Waals surface area contributed by atoms with Gasteiger partial charge in [0.25, 0.3) is 0 Å². The topological polar surface area (TPSA) is 23.8 Å². The van der Waals surface area contributed by atoms with Gasteiger partial charge in [0, 0.05) is 10.8 Å². The van der Waals surface area contributed by atoms with Crippen molar-refractivity contribution in [3.8, 4) is 6.07 Å². The van der Waals surface area contributed by atoms with Crippen LogP contribution in [0.4, 0.5) is 8.78 Å². The first kappa shape index (κ1) is 8.14. The molecule has 1 nitrogen and oxygen atoms in total. The number of nitrogens with zero attached hydrogens (tertiary/aromatic N) is 1. The van der Waals surface area contributed by atoms with E-state index in [4.69, 9.17) is 5.26 Å². The van der Waals surface area contributed by atoms with E-state index in [0.717, 1.165) is 11.3 Å². The minimum Gasteiger partial charge on any atom is -0.205 e. The normalized spacial score (nSPS) is 10.2. The standard InChI is InChI=1S/C9H3F2NS/c10-6-2-1-5(3-12)8-7(11)4-13-9(6)8/h1-2,4H. The van der Waals surface area contributed by atoms with Crippen LogP contribution in [0.5, 0.6) is 0 Å². The number of hydrogen-bond acceptors (Lipinski definition) is 2. The van der Waals surface area contributed by atoms with Gasteiger partial charge in [-0.15, -0.1) is 11.3 Å². The van der Waals surface area contributed by atoms with Crippen LogP contribution < -0.4 is 0 Å². The molecule has 4 heteroatoms. The molecule has 0 radical (unpaired) electrons. The second-order valence-corrected chi connectivity index (χ2v) is 3.37. The molecule has 1 aromatic heterocycles. The van der Waals surface area contributed by atoms with Gasteiger partial charge in [0.2, 0.25) is 0 Å². The van der Waals surface area contributed by atoms with E-state index in [0.29, 0.717) is 0 Å². The highest BCUT2D eigenvalue weighted by molar-refractivity contribution is 7.17. The Balaban J connectivity index is 2.99. The predicted molar refractivity (Wildman–Crippen MR) is 46.5 cm³/mol. The SMILES string of the molecule is N#Cc1ccc(F)c2scc(F)c12. The summed E-state index contributed by atoms with van der Waals surface area (Å²) in [6.45, 7) is 0. The molecule has 0 unspecified atom stereocenters. The zero-order chi connectivity index (χ0) is 9.42. The Kier molecular flexibility index (Phi) is 1.74. The van der Waals surface area contributed by atoms with Crippen LogP contribution in [-0.2, 0) is 0 Å². The Bertz CT molecular complexity index is 510. The fraction of sp³-hybridized carbons (Fsp3) is 0. The van der Waals surface area contributed by atoms with E-state index in [1.165, 1.54) is 17.5 Å². The Morgan fingerprint density at radius 2 is 2.00 bits per heavy atom. The largest absolute Gasteiger partial charge is 0.205 e. The van der Waals surface area contributed by atoms with Crippen molar-refractivity contribution in [1.82, 2.24) is 0 Å². The van der Waals surface area contributed by atoms with Crippen LogP contribution in [-0.4, -0.2) is 0 Å². The summed E-state index contributed by atoms with van der Waals surface area (Å²) in [7, 11) is 0. The van der Waals surface area contributed by atoms with E-state index in [1.807, 2.05) is 6.07 Å². The third-order valence-electron chi connectivity index (χ3n) is 1.75. The van der Waals surface area contributed by atoms with Gasteiger partial charge in [-0.05, 0) is 12.1 Å². The maximum atomic E-state index is 13.1. The second-order valence-electron chi connectivity index (χ2n) is 2.49. The smallest absolute Gasteiger partial charge is 0.143 e. The van der Waals surface area contributed by atoms with Gasteiger partial charge in [-0.25, -0.2) is 8.78 Å². The molecular formula is C9H3F2NS. The summed E-state index contributed by atoms with van der Waals surface area (Å²) >= 11 is 0.969. The minimum atomic E-state index is -0.531. The molecule has 0 amide bonds. The number of halogens is 2. The molecule has 1 aromatic carbocycles. The lowest BCUT2D eigenvalue weighted by molar-refractivity contribution is 0.634. The summed E-state index contributed by atoms with van der Waals surface area (Å²) in [4.78, 5) is 0. The van der Waals surface area contributed by atoms with Crippen LogP contribution in [0.25, 0.3) is 10.1 Å². The molecule has 1 heterocycles. The van der Waals surface area contributed by atoms with Crippen LogP contribution >= 0.6 is 11.3 Å². The van der Waals surface area contributed by atoms with Crippen molar-refractivity contribution in [3.05, 3.63) is 34.7 Å². The highest BCUT2D eigenvalue weighted by Gasteiger charge is 2.11. The van der Waals surface area contributed by atoms with Crippen molar-refractivity contribution in [1.29, 1.82) is 5.26 Å². The molecule has 0 fully saturated rings. The van der Waals surface area contributed by atoms with E-state index in [1.54, 1.807) is 0 Å². The average Bonchev–Trinajstić information content (AvgIpc) is 2.51. The van der Waals surface area contributed by atoms with Crippen LogP contribution in [0, 0.1) is 23.0 Å². The van der Waals surface area contributed by atoms with E-state index in [-0.39, 0.29) is 15.6 Å². The van der Waals surface area contributed by atoms with E-state index in [2.05, 4.69) is 0 Å². The lowest BCUT2D eigenvalue weighted by Crippen LogP contribution is -1.81. The number of hydrogen-bond donors (Lipinski definition) is 0. The Morgan fingerprint density at radius 1 is 1.23 bits per heavy atom. The first-order valence-corrected chi connectivity index (χ1v) is 4.37. The van der Waals surface area contributed by atoms with Crippen molar-refractivity contribution in [2.75, 3.05) is 0 Å². The lowest BCUT2D eigenvalue weighted by Gasteiger charge is -1.94. The molecule has 0 bridgehead atoms. The summed E-state index contributed by atoms with van der Waals surface area (Å²) in [6, 6.07) is 4.29. The molecule has 0 aliphatic carbocycles. The van der Waals surface area contributed by atoms with Crippen LogP contribution in [0.1, 0.15) is 5.56 Å². The minimum absolute atomic E-state index is 0.0903. The van der Waals surface area contributed by atoms with Gasteiger partial charge in [0.15, 0.2) is 0 Å². The fourth-order valence-electron chi connectivity index (χ4n) is 1.17. The third-order valence-corrected chi connectivity index (χ3v) is 2.71. The van der Waals surface area contributed by atoms with Crippen molar-refractivity contribution in [2.45, 2.75) is 0 Å². The third kappa shape index (κ3) is 1.09. The number of rotatable bonds is 0. The Morgan fingerprint density at radius 3 is 2.69 bits per heavy atom. The van der Waals surface area contributed by atoms with Crippen LogP contribution in [0.3, 0.4) is 0 Å². The van der Waals surface area contributed by atoms with Gasteiger partial charge in [0.1, 0.15) is 11.6 Å². The molecule has 0 saturated heterocycles. The summed E-state index contributed by atoms with van der Waals surface area (Å²) in [5.74, 6) is -1.01. The first-order chi connectivity index (χ1) is 6.24. The Hall–Kier alpha value is -1.47. The number of fused-ring (bicyclic) bond motifs is 1. The first-order valence-electron chi connectivity index (χ1n) is 3.49. The summed E-state index contributed by atoms with van der Waals surface area (Å²) < 4.78 is 26.3. The monoisotopic (exact) mass is 195 g/mol. The van der Waals surface area contributed by atoms with Gasteiger partial charge < -0.3 is 0 Å². The molecule has 0 atom stereocenters. The molecular weight excluding hydrogens is 192 g/mol. The van der Waals surface area contributed by atoms with Gasteiger partial charge >= 0.3 is 0 Å². The average molecular weight is 195 g/mol. The predicted octanol–water partition coefficient (Wildman–Crippen LogP) is 3.05. The summed E-state index contributed by atoms with van der Waals surface area (Å²) in [5, 5.41) is 9.93. The fourth-order valence-corrected chi connectivity index (χ4v) is 2.02. The molecule has 0 spiro atoms. The van der Waals surface area contributed by atoms with Crippen molar-refractivity contribution < 1.29 is 8.78 Å². The molecule has 0 N–H and O–H groups in total. The molecule has 2 aromatic rings. The summed E-state index contributed by atoms with van der Waals surface area (Å²) in [5.41, 5.74) is 0.176. The Labute approximate surface area is 76.8 Å². The van der Waals surface area contributed by atoms with E-state index >= 15 is 0 Å². The number of nitriles is 1. The molecule has 64 valence electrons. The van der Waals surface area contributed by atoms with Crippen molar-refractivity contribution in [2.24, 2.45) is 0 Å². The molecule has 0 aliphatic rings. The van der Waals surface area contributed by atoms with Gasteiger partial charge in [0.05, 0.1) is 16.3 Å². The van der Waals surface area contributed by atoms with Crippen LogP contribution in [0.15, 0.2) is 17.5 Å². The zero-order valence-corrected chi connectivity index (χ0v) is 7.16. The highest BCUT2D eigenvalue weighted by Crippen LogP contribution is 2.29. The maximum absolute atomic E-state index is 13.1. The quantitative estimate of drug-likeness (QED) is 0.633. The van der Waals surface area contributed by atoms with E-state index < -0.39 is 11.6 Å². The zero-order valence-electron chi connectivity index (χ0n) is 6.34. The number of benzene rings is 1. The number of thiophene rings is 1. The maximum Gasteiger partial charge on any atom is 0.143 e. The molecule has 0 saturated carbocycles. The molecule has 2 rings (SSSR count). The van der Waals surface area contributed by atoms with Crippen LogP contribution in [0.2, 0.25) is 0 Å². The van der Waals surface area contributed by atoms with E-state index in [9.17, 15) is 8.78 Å². The van der Waals surface area contributed by atoms with Gasteiger partial charge in [-0.2, -0.15) is 5.26 Å². The summed E-state index contributed by atoms with van der Waals surface area (Å²) in [6.07, 6.45) is 0. The van der Waals surface area contributed by atoms with Gasteiger partial charge in [-0.1, -0.05) is 0 Å². The van der Waals surface area contributed by atoms with Gasteiger partial charge in [-0.3, -0.25) is 0 Å². The second kappa shape index (κ2) is 2.79. The molecule has 0 aliphatic heterocycles. The highest BCUT2D eigenvalue weighted by atomic mass is 32.1. The van der Waals surface area contributed by atoms with Crippen molar-refractivity contribution >= 4 is 21.4 Å².